The quantitative estimate of drug-likeness (QED) is 0.266. The zero-order valence-electron chi connectivity index (χ0n) is 5.84. The zero-order valence-corrected chi connectivity index (χ0v) is 13.1. The van der Waals surface area contributed by atoms with Crippen LogP contribution < -0.4 is 28.8 Å². The van der Waals surface area contributed by atoms with Crippen molar-refractivity contribution in [2.75, 3.05) is 0 Å². The van der Waals surface area contributed by atoms with Crippen LogP contribution in [0.15, 0.2) is 0 Å². The minimum Gasteiger partial charge on any atom is -0.672 e. The summed E-state index contributed by atoms with van der Waals surface area (Å²) in [6.45, 7) is 0. The second-order valence-electron chi connectivity index (χ2n) is 0.750. The third-order valence-corrected chi connectivity index (χ3v) is 0. The molecule has 0 aromatic rings. The van der Waals surface area contributed by atoms with Crippen LogP contribution in [-0.2, 0) is 13.4 Å². The third-order valence-electron chi connectivity index (χ3n) is 0. The smallest absolute Gasteiger partial charge is 0.672 e. The number of hydrogen-bond acceptors (Lipinski definition) is 9. The average molecular weight is 546 g/mol. The van der Waals surface area contributed by atoms with Crippen molar-refractivity contribution in [2.24, 2.45) is 0 Å². The molecule has 0 saturated carbocycles. The van der Waals surface area contributed by atoms with Gasteiger partial charge in [0.15, 0.2) is 0 Å². The molecular weight excluding hydrogens is 546 g/mol. The molecule has 0 N–H and O–H groups in total. The molecule has 0 spiro atoms. The maximum absolute atomic E-state index is 8.52. The van der Waals surface area contributed by atoms with E-state index in [1.54, 1.807) is 0 Å². The predicted molar refractivity (Wildman–Crippen MR) is 19.3 cm³/mol. The summed E-state index contributed by atoms with van der Waals surface area (Å²) in [6, 6.07) is 0. The molecule has 14 heteroatoms. The fourth-order valence-corrected chi connectivity index (χ4v) is 0. The topological polar surface area (TPSA) is 190 Å². The maximum Gasteiger partial charge on any atom is 3.00 e. The Labute approximate surface area is 144 Å². The van der Waals surface area contributed by atoms with Crippen molar-refractivity contribution in [1.82, 2.24) is 0 Å². The second kappa shape index (κ2) is 23.9. The first-order valence-electron chi connectivity index (χ1n) is 1.84. The molecule has 0 bridgehead atoms. The molecule has 0 rings (SSSR count). The van der Waals surface area contributed by atoms with E-state index < -0.39 is 27.5 Å². The van der Waals surface area contributed by atoms with Gasteiger partial charge in [0.2, 0.25) is 0 Å². The molecular formula is O9Si3Tb2. The molecule has 9 nitrogen and oxygen atoms in total. The summed E-state index contributed by atoms with van der Waals surface area (Å²) in [6.07, 6.45) is 0. The number of rotatable bonds is 0. The monoisotopic (exact) mass is 546 g/mol. The van der Waals surface area contributed by atoms with Crippen LogP contribution in [0.3, 0.4) is 0 Å². The van der Waals surface area contributed by atoms with E-state index in [0.29, 0.717) is 0 Å². The molecule has 84 valence electrons. The van der Waals surface area contributed by atoms with E-state index in [2.05, 4.69) is 0 Å². The Morgan fingerprint density at radius 3 is 0.500 bits per heavy atom. The van der Waals surface area contributed by atoms with E-state index in [0.717, 1.165) is 0 Å². The van der Waals surface area contributed by atoms with Gasteiger partial charge in [-0.05, 0) is 0 Å². The van der Waals surface area contributed by atoms with E-state index in [4.69, 9.17) is 42.2 Å². The number of hydrogen-bond donors (Lipinski definition) is 0. The molecule has 0 fully saturated rings. The van der Waals surface area contributed by atoms with Crippen LogP contribution in [0.2, 0.25) is 0 Å². The largest absolute Gasteiger partial charge is 3.00 e. The summed E-state index contributed by atoms with van der Waals surface area (Å²) in [7, 11) is -10.9. The summed E-state index contributed by atoms with van der Waals surface area (Å²) in [5, 5.41) is 0. The molecule has 0 amide bonds. The molecule has 0 aliphatic heterocycles. The summed E-state index contributed by atoms with van der Waals surface area (Å²) in [5.41, 5.74) is 0. The van der Waals surface area contributed by atoms with Crippen LogP contribution in [0.25, 0.3) is 0 Å². The fourth-order valence-electron chi connectivity index (χ4n) is 0. The summed E-state index contributed by atoms with van der Waals surface area (Å²) in [5.74, 6) is 0. The molecule has 14 heavy (non-hydrogen) atoms. The van der Waals surface area contributed by atoms with Crippen molar-refractivity contribution < 1.29 is 119 Å². The van der Waals surface area contributed by atoms with Gasteiger partial charge in [-0.3, -0.25) is 0 Å². The van der Waals surface area contributed by atoms with Crippen LogP contribution in [0.4, 0.5) is 0 Å². The first kappa shape index (κ1) is 29.5. The Morgan fingerprint density at radius 1 is 0.500 bits per heavy atom. The van der Waals surface area contributed by atoms with E-state index in [9.17, 15) is 0 Å². The van der Waals surface area contributed by atoms with Gasteiger partial charge in [0.05, 0.1) is 0 Å². The van der Waals surface area contributed by atoms with Gasteiger partial charge in [-0.25, -0.2) is 0 Å². The SMILES string of the molecule is O=[Si]([O-])[O-].O=[Si]([O-])[O-].O=[Si]([O-])[O-].[Tb+3].[Tb+3]. The fraction of sp³-hybridized carbons (Fsp3) is 0. The van der Waals surface area contributed by atoms with Crippen LogP contribution >= 0.6 is 0 Å². The molecule has 0 aromatic heterocycles. The molecule has 0 atom stereocenters. The van der Waals surface area contributed by atoms with Crippen molar-refractivity contribution in [3.8, 4) is 0 Å². The molecule has 0 unspecified atom stereocenters. The Bertz CT molecular complexity index is 116. The molecule has 0 aliphatic carbocycles. The minimum absolute atomic E-state index is 0. The van der Waals surface area contributed by atoms with Crippen LogP contribution in [0.5, 0.6) is 0 Å². The van der Waals surface area contributed by atoms with E-state index in [1.165, 1.54) is 0 Å². The van der Waals surface area contributed by atoms with Gasteiger partial charge in [-0.15, -0.1) is 0 Å². The van der Waals surface area contributed by atoms with Crippen molar-refractivity contribution in [3.05, 3.63) is 0 Å². The second-order valence-corrected chi connectivity index (χ2v) is 2.25. The van der Waals surface area contributed by atoms with Crippen molar-refractivity contribution >= 4 is 27.5 Å². The van der Waals surface area contributed by atoms with Crippen molar-refractivity contribution in [3.63, 3.8) is 0 Å². The van der Waals surface area contributed by atoms with Crippen LogP contribution in [0, 0.1) is 77.2 Å². The van der Waals surface area contributed by atoms with Gasteiger partial charge in [-0.1, -0.05) is 0 Å². The molecule has 0 aliphatic rings. The summed E-state index contributed by atoms with van der Waals surface area (Å²) >= 11 is 0. The van der Waals surface area contributed by atoms with Crippen LogP contribution in [0.1, 0.15) is 0 Å². The van der Waals surface area contributed by atoms with E-state index in [1.807, 2.05) is 0 Å². The summed E-state index contributed by atoms with van der Waals surface area (Å²) in [4.78, 5) is 51.1. The van der Waals surface area contributed by atoms with Gasteiger partial charge in [0, 0.05) is 27.5 Å². The van der Waals surface area contributed by atoms with E-state index in [-0.39, 0.29) is 77.2 Å². The Morgan fingerprint density at radius 2 is 0.500 bits per heavy atom. The first-order chi connectivity index (χ1) is 5.20. The summed E-state index contributed by atoms with van der Waals surface area (Å²) < 4.78 is 25.6. The van der Waals surface area contributed by atoms with Gasteiger partial charge in [0.1, 0.15) is 0 Å². The molecule has 0 radical (unpaired) electrons. The normalized spacial score (nSPS) is 5.14. The molecule has 0 aromatic carbocycles. The zero-order chi connectivity index (χ0) is 10.7. The standard InChI is InChI=1S/3O3Si.2Tb/c3*1-4(2)3;;/q3*-2;2*+3. The Hall–Kier alpha value is 1.42. The van der Waals surface area contributed by atoms with Crippen molar-refractivity contribution in [1.29, 1.82) is 0 Å². The van der Waals surface area contributed by atoms with E-state index >= 15 is 0 Å². The maximum atomic E-state index is 8.52. The molecule has 0 saturated heterocycles. The van der Waals surface area contributed by atoms with Crippen LogP contribution in [-0.4, -0.2) is 27.5 Å². The Balaban J connectivity index is -0.0000000270. The van der Waals surface area contributed by atoms with Gasteiger partial charge >= 0.3 is 77.2 Å². The van der Waals surface area contributed by atoms with Gasteiger partial charge < -0.3 is 42.2 Å². The molecule has 0 heterocycles. The van der Waals surface area contributed by atoms with Gasteiger partial charge in [-0.2, -0.15) is 0 Å². The third kappa shape index (κ3) is 1020. The average Bonchev–Trinajstić information content (AvgIpc) is 1.54. The predicted octanol–water partition coefficient (Wildman–Crippen LogP) is -8.63. The van der Waals surface area contributed by atoms with Crippen molar-refractivity contribution in [2.45, 2.75) is 0 Å². The van der Waals surface area contributed by atoms with Gasteiger partial charge in [0.25, 0.3) is 0 Å². The minimum atomic E-state index is -3.63. The Kier molecular flexibility index (Phi) is 50.5. The first-order valence-corrected chi connectivity index (χ1v) is 5.51.